The maximum absolute atomic E-state index is 8.93. The van der Waals surface area contributed by atoms with Crippen LogP contribution in [0.25, 0.3) is 0 Å². The van der Waals surface area contributed by atoms with E-state index in [1.54, 1.807) is 18.2 Å². The lowest BCUT2D eigenvalue weighted by Gasteiger charge is -2.10. The van der Waals surface area contributed by atoms with E-state index in [-0.39, 0.29) is 0 Å². The molecule has 0 bridgehead atoms. The van der Waals surface area contributed by atoms with Crippen LogP contribution >= 0.6 is 11.6 Å². The van der Waals surface area contributed by atoms with Gasteiger partial charge in [-0.1, -0.05) is 29.8 Å². The molecule has 0 saturated carbocycles. The number of nitriles is 1. The number of anilines is 1. The minimum absolute atomic E-state index is 0.539. The molecule has 0 radical (unpaired) electrons. The van der Waals surface area contributed by atoms with Crippen molar-refractivity contribution in [3.05, 3.63) is 40.9 Å². The van der Waals surface area contributed by atoms with Gasteiger partial charge in [0.15, 0.2) is 0 Å². The van der Waals surface area contributed by atoms with Crippen molar-refractivity contribution >= 4 is 17.3 Å². The van der Waals surface area contributed by atoms with Crippen molar-refractivity contribution in [2.45, 2.75) is 6.92 Å². The van der Waals surface area contributed by atoms with Crippen LogP contribution in [0.5, 0.6) is 0 Å². The Morgan fingerprint density at radius 1 is 1.59 bits per heavy atom. The Morgan fingerprint density at radius 2 is 2.35 bits per heavy atom. The first-order chi connectivity index (χ1) is 8.15. The molecule has 0 aliphatic carbocycles. The smallest absolute Gasteiger partial charge is 0.101 e. The second-order valence-electron chi connectivity index (χ2n) is 3.71. The van der Waals surface area contributed by atoms with Crippen molar-refractivity contribution in [3.63, 3.8) is 0 Å². The van der Waals surface area contributed by atoms with E-state index >= 15 is 0 Å². The SMILES string of the molecule is C=C(C)COCCNc1c(Cl)cccc1C#N. The van der Waals surface area contributed by atoms with Crippen molar-refractivity contribution in [2.24, 2.45) is 0 Å². The van der Waals surface area contributed by atoms with Gasteiger partial charge in [0.1, 0.15) is 6.07 Å². The summed E-state index contributed by atoms with van der Waals surface area (Å²) in [6.07, 6.45) is 0. The van der Waals surface area contributed by atoms with Crippen LogP contribution in [0.15, 0.2) is 30.4 Å². The summed E-state index contributed by atoms with van der Waals surface area (Å²) in [6.45, 7) is 7.35. The molecule has 0 amide bonds. The minimum Gasteiger partial charge on any atom is -0.380 e. The van der Waals surface area contributed by atoms with Crippen LogP contribution < -0.4 is 5.32 Å². The monoisotopic (exact) mass is 250 g/mol. The Kier molecular flexibility index (Phi) is 5.55. The van der Waals surface area contributed by atoms with E-state index in [0.717, 1.165) is 5.57 Å². The van der Waals surface area contributed by atoms with E-state index < -0.39 is 0 Å². The Labute approximate surface area is 107 Å². The van der Waals surface area contributed by atoms with Gasteiger partial charge in [-0.3, -0.25) is 0 Å². The molecular formula is C13H15ClN2O. The topological polar surface area (TPSA) is 45.0 Å². The van der Waals surface area contributed by atoms with Gasteiger partial charge in [0.25, 0.3) is 0 Å². The third-order valence-corrected chi connectivity index (χ3v) is 2.35. The molecule has 0 saturated heterocycles. The molecule has 0 aliphatic heterocycles. The van der Waals surface area contributed by atoms with Gasteiger partial charge in [-0.2, -0.15) is 5.26 Å². The van der Waals surface area contributed by atoms with E-state index in [9.17, 15) is 0 Å². The molecule has 0 aromatic heterocycles. The predicted molar refractivity (Wildman–Crippen MR) is 70.3 cm³/mol. The van der Waals surface area contributed by atoms with Crippen LogP contribution in [0.1, 0.15) is 12.5 Å². The second kappa shape index (κ2) is 6.95. The van der Waals surface area contributed by atoms with Gasteiger partial charge in [-0.15, -0.1) is 0 Å². The standard InChI is InChI=1S/C13H15ClN2O/c1-10(2)9-17-7-6-16-13-11(8-15)4-3-5-12(13)14/h3-5,16H,1,6-7,9H2,2H3. The van der Waals surface area contributed by atoms with Gasteiger partial charge in [0.2, 0.25) is 0 Å². The van der Waals surface area contributed by atoms with Crippen LogP contribution in [-0.2, 0) is 4.74 Å². The summed E-state index contributed by atoms with van der Waals surface area (Å²) < 4.78 is 5.34. The molecule has 3 nitrogen and oxygen atoms in total. The fourth-order valence-corrected chi connectivity index (χ4v) is 1.53. The lowest BCUT2D eigenvalue weighted by Crippen LogP contribution is -2.11. The number of para-hydroxylation sites is 1. The van der Waals surface area contributed by atoms with Crippen LogP contribution in [0.2, 0.25) is 5.02 Å². The fourth-order valence-electron chi connectivity index (χ4n) is 1.29. The van der Waals surface area contributed by atoms with Gasteiger partial charge < -0.3 is 10.1 Å². The maximum Gasteiger partial charge on any atom is 0.101 e. The normalized spacial score (nSPS) is 9.71. The van der Waals surface area contributed by atoms with Crippen molar-refractivity contribution in [3.8, 4) is 6.07 Å². The van der Waals surface area contributed by atoms with E-state index in [4.69, 9.17) is 21.6 Å². The second-order valence-corrected chi connectivity index (χ2v) is 4.12. The van der Waals surface area contributed by atoms with Crippen LogP contribution in [0.4, 0.5) is 5.69 Å². The summed E-state index contributed by atoms with van der Waals surface area (Å²) in [6, 6.07) is 7.32. The van der Waals surface area contributed by atoms with E-state index in [1.807, 2.05) is 6.92 Å². The lowest BCUT2D eigenvalue weighted by atomic mass is 10.2. The van der Waals surface area contributed by atoms with Crippen molar-refractivity contribution in [1.82, 2.24) is 0 Å². The zero-order chi connectivity index (χ0) is 12.7. The molecule has 0 atom stereocenters. The zero-order valence-electron chi connectivity index (χ0n) is 9.79. The first kappa shape index (κ1) is 13.6. The van der Waals surface area contributed by atoms with E-state index in [1.165, 1.54) is 0 Å². The highest BCUT2D eigenvalue weighted by Crippen LogP contribution is 2.24. The highest BCUT2D eigenvalue weighted by Gasteiger charge is 2.05. The molecule has 0 fully saturated rings. The average Bonchev–Trinajstić information content (AvgIpc) is 2.30. The lowest BCUT2D eigenvalue weighted by molar-refractivity contribution is 0.167. The van der Waals surface area contributed by atoms with Crippen molar-refractivity contribution < 1.29 is 4.74 Å². The number of halogens is 1. The van der Waals surface area contributed by atoms with Gasteiger partial charge in [0.05, 0.1) is 29.5 Å². The highest BCUT2D eigenvalue weighted by molar-refractivity contribution is 6.33. The number of hydrogen-bond donors (Lipinski definition) is 1. The quantitative estimate of drug-likeness (QED) is 0.623. The molecule has 4 heteroatoms. The predicted octanol–water partition coefficient (Wildman–Crippen LogP) is 3.22. The molecule has 0 unspecified atom stereocenters. The molecule has 0 spiro atoms. The maximum atomic E-state index is 8.93. The van der Waals surface area contributed by atoms with Gasteiger partial charge in [-0.05, 0) is 19.1 Å². The zero-order valence-corrected chi connectivity index (χ0v) is 10.5. The van der Waals surface area contributed by atoms with Crippen molar-refractivity contribution in [2.75, 3.05) is 25.1 Å². The van der Waals surface area contributed by atoms with E-state index in [0.29, 0.717) is 36.0 Å². The summed E-state index contributed by atoms with van der Waals surface area (Å²) in [4.78, 5) is 0. The Bertz CT molecular complexity index is 438. The van der Waals surface area contributed by atoms with E-state index in [2.05, 4.69) is 18.0 Å². The summed E-state index contributed by atoms with van der Waals surface area (Å²) in [5, 5.41) is 12.6. The van der Waals surface area contributed by atoms with Gasteiger partial charge in [-0.25, -0.2) is 0 Å². The molecule has 17 heavy (non-hydrogen) atoms. The fraction of sp³-hybridized carbons (Fsp3) is 0.308. The number of nitrogens with zero attached hydrogens (tertiary/aromatic N) is 1. The van der Waals surface area contributed by atoms with Crippen LogP contribution in [-0.4, -0.2) is 19.8 Å². The summed E-state index contributed by atoms with van der Waals surface area (Å²) >= 11 is 6.00. The molecule has 1 aromatic carbocycles. The highest BCUT2D eigenvalue weighted by atomic mass is 35.5. The molecule has 1 rings (SSSR count). The summed E-state index contributed by atoms with van der Waals surface area (Å²) in [7, 11) is 0. The Morgan fingerprint density at radius 3 is 3.00 bits per heavy atom. The number of ether oxygens (including phenoxy) is 1. The molecular weight excluding hydrogens is 236 g/mol. The Hall–Kier alpha value is -1.50. The molecule has 1 N–H and O–H groups in total. The van der Waals surface area contributed by atoms with Gasteiger partial charge >= 0.3 is 0 Å². The van der Waals surface area contributed by atoms with Crippen LogP contribution in [0.3, 0.4) is 0 Å². The summed E-state index contributed by atoms with van der Waals surface area (Å²) in [5.74, 6) is 0. The molecule has 0 heterocycles. The molecule has 0 aliphatic rings. The number of hydrogen-bond acceptors (Lipinski definition) is 3. The molecule has 90 valence electrons. The first-order valence-electron chi connectivity index (χ1n) is 5.29. The average molecular weight is 251 g/mol. The summed E-state index contributed by atoms with van der Waals surface area (Å²) in [5.41, 5.74) is 2.19. The number of rotatable bonds is 6. The third-order valence-electron chi connectivity index (χ3n) is 2.03. The largest absolute Gasteiger partial charge is 0.380 e. The number of benzene rings is 1. The van der Waals surface area contributed by atoms with Gasteiger partial charge in [0, 0.05) is 6.54 Å². The first-order valence-corrected chi connectivity index (χ1v) is 5.67. The van der Waals surface area contributed by atoms with Crippen molar-refractivity contribution in [1.29, 1.82) is 5.26 Å². The third kappa shape index (κ3) is 4.48. The Balaban J connectivity index is 2.47. The molecule has 1 aromatic rings. The van der Waals surface area contributed by atoms with Crippen LogP contribution in [0, 0.1) is 11.3 Å². The minimum atomic E-state index is 0.539. The number of nitrogens with one attached hydrogen (secondary N) is 1.